The number of benzene rings is 2. The standard InChI is InChI=1S/C20H20N2O2S/c1-13(25-20-22-17-10-4-5-12-18(17)24-20)19(23)21-16-11-6-8-14-7-2-3-9-15(14)16/h2-5,7,9-10,12-13,16H,6,8,11H2,1H3,(H,21,23)/t13-,16-/m1/s1. The number of carbonyl (C=O) groups excluding carboxylic acids is 1. The van der Waals surface area contributed by atoms with Gasteiger partial charge in [-0.05, 0) is 49.4 Å². The predicted molar refractivity (Wildman–Crippen MR) is 99.6 cm³/mol. The van der Waals surface area contributed by atoms with Gasteiger partial charge in [0.05, 0.1) is 11.3 Å². The molecule has 5 heteroatoms. The maximum Gasteiger partial charge on any atom is 0.257 e. The van der Waals surface area contributed by atoms with Gasteiger partial charge in [0.25, 0.3) is 5.22 Å². The van der Waals surface area contributed by atoms with Crippen LogP contribution in [0.25, 0.3) is 11.1 Å². The fourth-order valence-electron chi connectivity index (χ4n) is 3.30. The zero-order valence-electron chi connectivity index (χ0n) is 14.1. The predicted octanol–water partition coefficient (Wildman–Crippen LogP) is 4.50. The van der Waals surface area contributed by atoms with Gasteiger partial charge in [0.15, 0.2) is 5.58 Å². The molecule has 0 bridgehead atoms. The van der Waals surface area contributed by atoms with Crippen LogP contribution in [0.15, 0.2) is 58.2 Å². The molecule has 0 spiro atoms. The average Bonchev–Trinajstić information content (AvgIpc) is 3.04. The first-order chi connectivity index (χ1) is 12.2. The van der Waals surface area contributed by atoms with Crippen LogP contribution in [0.5, 0.6) is 0 Å². The highest BCUT2D eigenvalue weighted by molar-refractivity contribution is 8.00. The molecule has 2 aromatic carbocycles. The minimum Gasteiger partial charge on any atom is -0.431 e. The largest absolute Gasteiger partial charge is 0.431 e. The van der Waals surface area contributed by atoms with Crippen molar-refractivity contribution >= 4 is 28.8 Å². The molecule has 1 N–H and O–H groups in total. The Bertz CT molecular complexity index is 872. The number of rotatable bonds is 4. The minimum atomic E-state index is -0.262. The SMILES string of the molecule is C[C@@H](Sc1nc2ccccc2o1)C(=O)N[C@@H]1CCCc2ccccc21. The van der Waals surface area contributed by atoms with Gasteiger partial charge in [-0.3, -0.25) is 4.79 Å². The summed E-state index contributed by atoms with van der Waals surface area (Å²) >= 11 is 1.36. The molecule has 1 aliphatic carbocycles. The van der Waals surface area contributed by atoms with Crippen LogP contribution >= 0.6 is 11.8 Å². The molecule has 25 heavy (non-hydrogen) atoms. The van der Waals surface area contributed by atoms with Crippen LogP contribution in [-0.2, 0) is 11.2 Å². The summed E-state index contributed by atoms with van der Waals surface area (Å²) in [7, 11) is 0. The van der Waals surface area contributed by atoms with E-state index in [9.17, 15) is 4.79 Å². The summed E-state index contributed by atoms with van der Waals surface area (Å²) < 4.78 is 5.71. The third-order valence-corrected chi connectivity index (χ3v) is 5.55. The number of nitrogens with zero attached hydrogens (tertiary/aromatic N) is 1. The smallest absolute Gasteiger partial charge is 0.257 e. The summed E-state index contributed by atoms with van der Waals surface area (Å²) in [4.78, 5) is 17.1. The lowest BCUT2D eigenvalue weighted by Gasteiger charge is -2.27. The molecule has 4 nitrogen and oxygen atoms in total. The number of thioether (sulfide) groups is 1. The molecule has 1 heterocycles. The number of carbonyl (C=O) groups is 1. The van der Waals surface area contributed by atoms with Crippen molar-refractivity contribution in [3.8, 4) is 0 Å². The van der Waals surface area contributed by atoms with E-state index in [1.54, 1.807) is 0 Å². The van der Waals surface area contributed by atoms with E-state index in [2.05, 4.69) is 28.5 Å². The number of aryl methyl sites for hydroxylation is 1. The fourth-order valence-corrected chi connectivity index (χ4v) is 4.07. The average molecular weight is 352 g/mol. The summed E-state index contributed by atoms with van der Waals surface area (Å²) in [5.41, 5.74) is 4.16. The van der Waals surface area contributed by atoms with Gasteiger partial charge in [0.2, 0.25) is 5.91 Å². The van der Waals surface area contributed by atoms with E-state index in [0.717, 1.165) is 30.4 Å². The van der Waals surface area contributed by atoms with Crippen molar-refractivity contribution in [2.75, 3.05) is 0 Å². The molecule has 0 unspecified atom stereocenters. The van der Waals surface area contributed by atoms with E-state index in [-0.39, 0.29) is 17.2 Å². The minimum absolute atomic E-state index is 0.0222. The highest BCUT2D eigenvalue weighted by Gasteiger charge is 2.25. The number of para-hydroxylation sites is 2. The molecule has 0 saturated carbocycles. The Morgan fingerprint density at radius 1 is 1.24 bits per heavy atom. The summed E-state index contributed by atoms with van der Waals surface area (Å²) in [6.45, 7) is 1.89. The second-order valence-electron chi connectivity index (χ2n) is 6.36. The molecule has 0 fully saturated rings. The third kappa shape index (κ3) is 3.42. The van der Waals surface area contributed by atoms with Crippen molar-refractivity contribution in [1.29, 1.82) is 0 Å². The lowest BCUT2D eigenvalue weighted by molar-refractivity contribution is -0.121. The first kappa shape index (κ1) is 16.2. The van der Waals surface area contributed by atoms with Gasteiger partial charge in [-0.25, -0.2) is 4.98 Å². The lowest BCUT2D eigenvalue weighted by atomic mass is 9.88. The Morgan fingerprint density at radius 3 is 2.92 bits per heavy atom. The summed E-state index contributed by atoms with van der Waals surface area (Å²) in [6.07, 6.45) is 3.19. The van der Waals surface area contributed by atoms with Gasteiger partial charge in [-0.15, -0.1) is 0 Å². The molecule has 1 amide bonds. The summed E-state index contributed by atoms with van der Waals surface area (Å²) in [6, 6.07) is 16.1. The second kappa shape index (κ2) is 6.92. The maximum absolute atomic E-state index is 12.6. The van der Waals surface area contributed by atoms with Crippen molar-refractivity contribution < 1.29 is 9.21 Å². The zero-order chi connectivity index (χ0) is 17.2. The van der Waals surface area contributed by atoms with E-state index in [1.807, 2.05) is 37.3 Å². The van der Waals surface area contributed by atoms with Crippen LogP contribution in [0.4, 0.5) is 0 Å². The van der Waals surface area contributed by atoms with Gasteiger partial charge in [-0.1, -0.05) is 48.2 Å². The van der Waals surface area contributed by atoms with Gasteiger partial charge in [0.1, 0.15) is 5.52 Å². The van der Waals surface area contributed by atoms with Crippen LogP contribution in [0.3, 0.4) is 0 Å². The van der Waals surface area contributed by atoms with E-state index in [1.165, 1.54) is 22.9 Å². The van der Waals surface area contributed by atoms with Crippen LogP contribution in [0.2, 0.25) is 0 Å². The molecule has 0 radical (unpaired) electrons. The van der Waals surface area contributed by atoms with E-state index >= 15 is 0 Å². The van der Waals surface area contributed by atoms with E-state index in [4.69, 9.17) is 4.42 Å². The number of fused-ring (bicyclic) bond motifs is 2. The summed E-state index contributed by atoms with van der Waals surface area (Å²) in [5.74, 6) is 0.0222. The van der Waals surface area contributed by atoms with Crippen LogP contribution in [0, 0.1) is 0 Å². The Labute approximate surface area is 151 Å². The molecule has 1 aliphatic rings. The number of aromatic nitrogens is 1. The normalized spacial score (nSPS) is 17.9. The van der Waals surface area contributed by atoms with Crippen molar-refractivity contribution in [3.63, 3.8) is 0 Å². The van der Waals surface area contributed by atoms with E-state index < -0.39 is 0 Å². The van der Waals surface area contributed by atoms with Gasteiger partial charge in [-0.2, -0.15) is 0 Å². The van der Waals surface area contributed by atoms with Crippen LogP contribution in [-0.4, -0.2) is 16.1 Å². The van der Waals surface area contributed by atoms with Crippen LogP contribution in [0.1, 0.15) is 36.9 Å². The number of amides is 1. The zero-order valence-corrected chi connectivity index (χ0v) is 14.9. The van der Waals surface area contributed by atoms with Gasteiger partial charge >= 0.3 is 0 Å². The molecule has 2 atom stereocenters. The Balaban J connectivity index is 1.44. The van der Waals surface area contributed by atoms with E-state index in [0.29, 0.717) is 5.22 Å². The third-order valence-electron chi connectivity index (χ3n) is 4.61. The number of oxazole rings is 1. The Hall–Kier alpha value is -2.27. The number of nitrogens with one attached hydrogen (secondary N) is 1. The van der Waals surface area contributed by atoms with Crippen molar-refractivity contribution in [1.82, 2.24) is 10.3 Å². The van der Waals surface area contributed by atoms with Gasteiger partial charge in [0, 0.05) is 0 Å². The molecule has 3 aromatic rings. The van der Waals surface area contributed by atoms with Crippen molar-refractivity contribution in [3.05, 3.63) is 59.7 Å². The molecule has 0 aliphatic heterocycles. The molecular weight excluding hydrogens is 332 g/mol. The fraction of sp³-hybridized carbons (Fsp3) is 0.300. The van der Waals surface area contributed by atoms with Crippen molar-refractivity contribution in [2.24, 2.45) is 0 Å². The Morgan fingerprint density at radius 2 is 2.04 bits per heavy atom. The second-order valence-corrected chi connectivity index (χ2v) is 7.65. The van der Waals surface area contributed by atoms with Crippen LogP contribution < -0.4 is 5.32 Å². The highest BCUT2D eigenvalue weighted by atomic mass is 32.2. The molecule has 128 valence electrons. The Kier molecular flexibility index (Phi) is 4.49. The highest BCUT2D eigenvalue weighted by Crippen LogP contribution is 2.31. The molecule has 1 aromatic heterocycles. The number of hydrogen-bond acceptors (Lipinski definition) is 4. The number of hydrogen-bond donors (Lipinski definition) is 1. The quantitative estimate of drug-likeness (QED) is 0.702. The van der Waals surface area contributed by atoms with Gasteiger partial charge < -0.3 is 9.73 Å². The molecule has 0 saturated heterocycles. The topological polar surface area (TPSA) is 55.1 Å². The monoisotopic (exact) mass is 352 g/mol. The first-order valence-electron chi connectivity index (χ1n) is 8.61. The maximum atomic E-state index is 12.6. The molecule has 4 rings (SSSR count). The lowest BCUT2D eigenvalue weighted by Crippen LogP contribution is -2.35. The summed E-state index contributed by atoms with van der Waals surface area (Å²) in [5, 5.41) is 3.47. The first-order valence-corrected chi connectivity index (χ1v) is 9.49. The molecular formula is C20H20N2O2S. The van der Waals surface area contributed by atoms with Crippen molar-refractivity contribution in [2.45, 2.75) is 42.7 Å².